The second kappa shape index (κ2) is 13.5. The predicted molar refractivity (Wildman–Crippen MR) is 165 cm³/mol. The highest BCUT2D eigenvalue weighted by Gasteiger charge is 2.15. The molecule has 0 spiro atoms. The summed E-state index contributed by atoms with van der Waals surface area (Å²) in [7, 11) is 0. The molecule has 10 heteroatoms. The minimum absolute atomic E-state index is 0.00192. The Morgan fingerprint density at radius 3 is 1.98 bits per heavy atom. The number of carbonyl (C=O) groups is 3. The number of hydrogen-bond acceptors (Lipinski definition) is 5. The molecular formula is C30H33BrN4O4S. The summed E-state index contributed by atoms with van der Waals surface area (Å²) in [4.78, 5) is 37.6. The Morgan fingerprint density at radius 1 is 0.825 bits per heavy atom. The van der Waals surface area contributed by atoms with Crippen molar-refractivity contribution >= 4 is 56.7 Å². The van der Waals surface area contributed by atoms with E-state index in [1.165, 1.54) is 0 Å². The van der Waals surface area contributed by atoms with E-state index in [1.807, 2.05) is 26.0 Å². The van der Waals surface area contributed by atoms with E-state index >= 15 is 0 Å². The number of amides is 3. The van der Waals surface area contributed by atoms with Crippen LogP contribution in [0.15, 0.2) is 71.2 Å². The maximum absolute atomic E-state index is 12.6. The van der Waals surface area contributed by atoms with E-state index in [2.05, 4.69) is 58.2 Å². The van der Waals surface area contributed by atoms with Crippen LogP contribution < -0.4 is 26.2 Å². The van der Waals surface area contributed by atoms with Gasteiger partial charge in [-0.2, -0.15) is 0 Å². The van der Waals surface area contributed by atoms with Crippen LogP contribution in [0.2, 0.25) is 0 Å². The largest absolute Gasteiger partial charge is 0.492 e. The predicted octanol–water partition coefficient (Wildman–Crippen LogP) is 5.98. The van der Waals surface area contributed by atoms with Crippen molar-refractivity contribution in [3.8, 4) is 5.75 Å². The lowest BCUT2D eigenvalue weighted by Gasteiger charge is -2.19. The molecule has 0 saturated heterocycles. The standard InChI is InChI=1S/C30H33BrN4O4S/c1-18(2)17-39-25-15-10-21(16-24(25)31)27(37)33-29(40)35-34-28(38)20-8-13-23(14-9-20)32-26(36)19-6-11-22(12-7-19)30(3,4)5/h6-16,18H,17H2,1-5H3,(H,32,36)(H,34,38)(H2,33,35,37,40). The van der Waals surface area contributed by atoms with Crippen LogP contribution in [0.5, 0.6) is 5.75 Å². The van der Waals surface area contributed by atoms with Crippen LogP contribution in [-0.2, 0) is 5.41 Å². The van der Waals surface area contributed by atoms with Crippen LogP contribution in [0.25, 0.3) is 0 Å². The van der Waals surface area contributed by atoms with Crippen molar-refractivity contribution < 1.29 is 19.1 Å². The summed E-state index contributed by atoms with van der Waals surface area (Å²) in [5.41, 5.74) is 7.88. The zero-order valence-electron chi connectivity index (χ0n) is 23.1. The lowest BCUT2D eigenvalue weighted by Crippen LogP contribution is -2.48. The lowest BCUT2D eigenvalue weighted by atomic mass is 9.87. The summed E-state index contributed by atoms with van der Waals surface area (Å²) in [6.45, 7) is 11.0. The molecule has 8 nitrogen and oxygen atoms in total. The molecule has 3 aromatic carbocycles. The number of hydrogen-bond donors (Lipinski definition) is 4. The van der Waals surface area contributed by atoms with Gasteiger partial charge in [0.25, 0.3) is 17.7 Å². The fraction of sp³-hybridized carbons (Fsp3) is 0.267. The van der Waals surface area contributed by atoms with Gasteiger partial charge in [0.1, 0.15) is 5.75 Å². The molecule has 0 aromatic heterocycles. The van der Waals surface area contributed by atoms with Gasteiger partial charge in [-0.1, -0.05) is 46.8 Å². The fourth-order valence-corrected chi connectivity index (χ4v) is 4.07. The molecule has 0 atom stereocenters. The van der Waals surface area contributed by atoms with Crippen molar-refractivity contribution in [2.45, 2.75) is 40.0 Å². The maximum atomic E-state index is 12.6. The van der Waals surface area contributed by atoms with Gasteiger partial charge in [-0.25, -0.2) is 0 Å². The molecular weight excluding hydrogens is 592 g/mol. The molecule has 0 fully saturated rings. The van der Waals surface area contributed by atoms with Gasteiger partial charge < -0.3 is 10.1 Å². The minimum atomic E-state index is -0.471. The Bertz CT molecular complexity index is 1380. The number of hydrazine groups is 1. The molecule has 0 aliphatic rings. The first kappa shape index (κ1) is 30.8. The van der Waals surface area contributed by atoms with Crippen molar-refractivity contribution in [3.05, 3.63) is 93.5 Å². The minimum Gasteiger partial charge on any atom is -0.492 e. The highest BCUT2D eigenvalue weighted by atomic mass is 79.9. The molecule has 4 N–H and O–H groups in total. The van der Waals surface area contributed by atoms with E-state index in [0.29, 0.717) is 45.1 Å². The SMILES string of the molecule is CC(C)COc1ccc(C(=O)NC(=S)NNC(=O)c2ccc(NC(=O)c3ccc(C(C)(C)C)cc3)cc2)cc1Br. The Kier molecular flexibility index (Phi) is 10.4. The van der Waals surface area contributed by atoms with Gasteiger partial charge in [0.05, 0.1) is 11.1 Å². The first-order valence-electron chi connectivity index (χ1n) is 12.7. The molecule has 0 heterocycles. The van der Waals surface area contributed by atoms with Crippen LogP contribution in [0, 0.1) is 5.92 Å². The normalized spacial score (nSPS) is 11.0. The quantitative estimate of drug-likeness (QED) is 0.190. The number of ether oxygens (including phenoxy) is 1. The second-order valence-electron chi connectivity index (χ2n) is 10.6. The van der Waals surface area contributed by atoms with Gasteiger partial charge >= 0.3 is 0 Å². The van der Waals surface area contributed by atoms with E-state index in [0.717, 1.165) is 5.56 Å². The van der Waals surface area contributed by atoms with Crippen LogP contribution in [-0.4, -0.2) is 29.4 Å². The average molecular weight is 626 g/mol. The van der Waals surface area contributed by atoms with E-state index in [4.69, 9.17) is 17.0 Å². The third-order valence-corrected chi connectivity index (χ3v) is 6.52. The second-order valence-corrected chi connectivity index (χ2v) is 11.8. The third kappa shape index (κ3) is 8.89. The number of rotatable bonds is 7. The number of thiocarbonyl (C=S) groups is 1. The molecule has 3 aromatic rings. The number of anilines is 1. The zero-order valence-corrected chi connectivity index (χ0v) is 25.5. The van der Waals surface area contributed by atoms with Crippen molar-refractivity contribution in [1.29, 1.82) is 0 Å². The summed E-state index contributed by atoms with van der Waals surface area (Å²) in [5.74, 6) is -0.157. The van der Waals surface area contributed by atoms with Crippen molar-refractivity contribution in [2.75, 3.05) is 11.9 Å². The summed E-state index contributed by atoms with van der Waals surface area (Å²) in [6.07, 6.45) is 0. The van der Waals surface area contributed by atoms with Gasteiger partial charge in [-0.15, -0.1) is 0 Å². The lowest BCUT2D eigenvalue weighted by molar-refractivity contribution is 0.0934. The summed E-state index contributed by atoms with van der Waals surface area (Å²) >= 11 is 8.54. The Morgan fingerprint density at radius 2 is 1.40 bits per heavy atom. The van der Waals surface area contributed by atoms with E-state index < -0.39 is 11.8 Å². The molecule has 3 amide bonds. The smallest absolute Gasteiger partial charge is 0.269 e. The molecule has 3 rings (SSSR count). The molecule has 0 saturated carbocycles. The molecule has 40 heavy (non-hydrogen) atoms. The third-order valence-electron chi connectivity index (χ3n) is 5.70. The van der Waals surface area contributed by atoms with E-state index in [1.54, 1.807) is 54.6 Å². The van der Waals surface area contributed by atoms with Crippen molar-refractivity contribution in [3.63, 3.8) is 0 Å². The van der Waals surface area contributed by atoms with Crippen LogP contribution in [0.3, 0.4) is 0 Å². The van der Waals surface area contributed by atoms with E-state index in [-0.39, 0.29) is 16.4 Å². The van der Waals surface area contributed by atoms with Gasteiger partial charge in [-0.05, 0) is 99.6 Å². The molecule has 0 unspecified atom stereocenters. The van der Waals surface area contributed by atoms with Gasteiger partial charge in [0.2, 0.25) is 0 Å². The molecule has 210 valence electrons. The number of carbonyl (C=O) groups excluding carboxylic acids is 3. The maximum Gasteiger partial charge on any atom is 0.269 e. The fourth-order valence-electron chi connectivity index (χ4n) is 3.44. The Labute approximate surface area is 248 Å². The molecule has 0 aliphatic carbocycles. The summed E-state index contributed by atoms with van der Waals surface area (Å²) in [6, 6.07) is 18.8. The van der Waals surface area contributed by atoms with Crippen LogP contribution in [0.4, 0.5) is 5.69 Å². The van der Waals surface area contributed by atoms with Gasteiger partial charge in [-0.3, -0.25) is 30.6 Å². The summed E-state index contributed by atoms with van der Waals surface area (Å²) < 4.78 is 6.34. The topological polar surface area (TPSA) is 109 Å². The molecule has 0 bridgehead atoms. The van der Waals surface area contributed by atoms with Crippen molar-refractivity contribution in [1.82, 2.24) is 16.2 Å². The molecule has 0 aliphatic heterocycles. The average Bonchev–Trinajstić information content (AvgIpc) is 2.90. The highest BCUT2D eigenvalue weighted by molar-refractivity contribution is 9.10. The Balaban J connectivity index is 1.48. The van der Waals surface area contributed by atoms with Gasteiger partial charge in [0.15, 0.2) is 5.11 Å². The number of benzene rings is 3. The zero-order chi connectivity index (χ0) is 29.4. The number of halogens is 1. The summed E-state index contributed by atoms with van der Waals surface area (Å²) in [5, 5.41) is 5.27. The van der Waals surface area contributed by atoms with Crippen LogP contribution >= 0.6 is 28.1 Å². The first-order chi connectivity index (χ1) is 18.8. The number of nitrogens with one attached hydrogen (secondary N) is 4. The van der Waals surface area contributed by atoms with Crippen molar-refractivity contribution in [2.24, 2.45) is 5.92 Å². The van der Waals surface area contributed by atoms with Gasteiger partial charge in [0, 0.05) is 22.4 Å². The van der Waals surface area contributed by atoms with Crippen LogP contribution in [0.1, 0.15) is 71.3 Å². The first-order valence-corrected chi connectivity index (χ1v) is 13.9. The van der Waals surface area contributed by atoms with E-state index in [9.17, 15) is 14.4 Å². The molecule has 0 radical (unpaired) electrons. The highest BCUT2D eigenvalue weighted by Crippen LogP contribution is 2.26. The monoisotopic (exact) mass is 624 g/mol. The Hall–Kier alpha value is -3.76.